The van der Waals surface area contributed by atoms with Gasteiger partial charge in [0.15, 0.2) is 0 Å². The summed E-state index contributed by atoms with van der Waals surface area (Å²) in [5.41, 5.74) is 0. The Morgan fingerprint density at radius 1 is 1.73 bits per heavy atom. The van der Waals surface area contributed by atoms with Crippen molar-refractivity contribution in [3.63, 3.8) is 0 Å². The molecule has 4 nitrogen and oxygen atoms in total. The van der Waals surface area contributed by atoms with E-state index in [1.807, 2.05) is 17.2 Å². The van der Waals surface area contributed by atoms with Crippen LogP contribution in [0.3, 0.4) is 0 Å². The number of amides is 1. The zero-order valence-electron chi connectivity index (χ0n) is 8.77. The van der Waals surface area contributed by atoms with E-state index in [1.54, 1.807) is 17.5 Å². The quantitative estimate of drug-likeness (QED) is 0.811. The summed E-state index contributed by atoms with van der Waals surface area (Å²) in [6.45, 7) is 4.32. The second-order valence-electron chi connectivity index (χ2n) is 3.72. The third-order valence-electron chi connectivity index (χ3n) is 2.55. The predicted octanol–water partition coefficient (Wildman–Crippen LogP) is 0.853. The molecular formula is C10H15N3OS. The van der Waals surface area contributed by atoms with Gasteiger partial charge in [0, 0.05) is 18.1 Å². The molecule has 1 aromatic rings. The minimum atomic E-state index is -0.0625. The number of nitrogens with one attached hydrogen (secondary N) is 1. The van der Waals surface area contributed by atoms with Crippen LogP contribution in [0.4, 0.5) is 0 Å². The number of carbonyl (C=O) groups excluding carboxylic acids is 1. The number of carbonyl (C=O) groups is 1. The molecule has 0 radical (unpaired) electrons. The molecule has 1 amide bonds. The molecule has 1 atom stereocenters. The first kappa shape index (κ1) is 10.6. The molecule has 1 aliphatic rings. The molecule has 1 aliphatic heterocycles. The van der Waals surface area contributed by atoms with Crippen molar-refractivity contribution in [3.05, 3.63) is 16.6 Å². The molecule has 1 saturated heterocycles. The van der Waals surface area contributed by atoms with Crippen LogP contribution < -0.4 is 5.32 Å². The zero-order chi connectivity index (χ0) is 10.7. The van der Waals surface area contributed by atoms with E-state index in [9.17, 15) is 4.79 Å². The van der Waals surface area contributed by atoms with Crippen LogP contribution in [0.1, 0.15) is 18.4 Å². The Hall–Kier alpha value is -0.940. The van der Waals surface area contributed by atoms with Crippen molar-refractivity contribution in [2.45, 2.75) is 25.9 Å². The minimum Gasteiger partial charge on any atom is -0.335 e. The average Bonchev–Trinajstić information content (AvgIpc) is 2.68. The highest BCUT2D eigenvalue weighted by molar-refractivity contribution is 7.09. The van der Waals surface area contributed by atoms with Gasteiger partial charge in [-0.2, -0.15) is 0 Å². The fourth-order valence-corrected chi connectivity index (χ4v) is 2.34. The maximum Gasteiger partial charge on any atom is 0.239 e. The Labute approximate surface area is 93.3 Å². The van der Waals surface area contributed by atoms with E-state index >= 15 is 0 Å². The molecule has 0 aromatic carbocycles. The molecule has 1 N–H and O–H groups in total. The normalized spacial score (nSPS) is 22.9. The monoisotopic (exact) mass is 225 g/mol. The smallest absolute Gasteiger partial charge is 0.239 e. The topological polar surface area (TPSA) is 45.2 Å². The lowest BCUT2D eigenvalue weighted by Crippen LogP contribution is -2.41. The van der Waals surface area contributed by atoms with Gasteiger partial charge in [-0.1, -0.05) is 0 Å². The Morgan fingerprint density at radius 3 is 3.33 bits per heavy atom. The fraction of sp³-hybridized carbons (Fsp3) is 0.600. The number of hydrogen-bond acceptors (Lipinski definition) is 4. The van der Waals surface area contributed by atoms with Crippen molar-refractivity contribution in [1.29, 1.82) is 0 Å². The van der Waals surface area contributed by atoms with Gasteiger partial charge in [-0.3, -0.25) is 4.79 Å². The van der Waals surface area contributed by atoms with Crippen molar-refractivity contribution >= 4 is 17.2 Å². The van der Waals surface area contributed by atoms with Crippen molar-refractivity contribution < 1.29 is 4.79 Å². The van der Waals surface area contributed by atoms with Gasteiger partial charge < -0.3 is 10.2 Å². The van der Waals surface area contributed by atoms with Crippen LogP contribution in [0.5, 0.6) is 0 Å². The average molecular weight is 225 g/mol. The summed E-state index contributed by atoms with van der Waals surface area (Å²) >= 11 is 1.60. The SMILES string of the molecule is CC1NCCCN(Cc2nccs2)C1=O. The third-order valence-corrected chi connectivity index (χ3v) is 3.31. The van der Waals surface area contributed by atoms with Gasteiger partial charge >= 0.3 is 0 Å². The molecule has 1 aromatic heterocycles. The summed E-state index contributed by atoms with van der Waals surface area (Å²) in [6, 6.07) is -0.0625. The fourth-order valence-electron chi connectivity index (χ4n) is 1.71. The highest BCUT2D eigenvalue weighted by Crippen LogP contribution is 2.11. The van der Waals surface area contributed by atoms with Gasteiger partial charge in [-0.05, 0) is 19.9 Å². The van der Waals surface area contributed by atoms with Crippen molar-refractivity contribution in [2.24, 2.45) is 0 Å². The standard InChI is InChI=1S/C10H15N3OS/c1-8-10(14)13(5-2-3-11-8)7-9-12-4-6-15-9/h4,6,8,11H,2-3,5,7H2,1H3. The molecule has 0 aliphatic carbocycles. The van der Waals surface area contributed by atoms with Crippen molar-refractivity contribution in [3.8, 4) is 0 Å². The summed E-state index contributed by atoms with van der Waals surface area (Å²) in [5.74, 6) is 0.183. The first-order valence-corrected chi connectivity index (χ1v) is 6.06. The van der Waals surface area contributed by atoms with Crippen molar-refractivity contribution in [2.75, 3.05) is 13.1 Å². The number of rotatable bonds is 2. The van der Waals surface area contributed by atoms with Crippen LogP contribution in [-0.4, -0.2) is 34.9 Å². The number of nitrogens with zero attached hydrogens (tertiary/aromatic N) is 2. The lowest BCUT2D eigenvalue weighted by atomic mass is 10.3. The van der Waals surface area contributed by atoms with Crippen molar-refractivity contribution in [1.82, 2.24) is 15.2 Å². The maximum atomic E-state index is 11.9. The molecule has 0 saturated carbocycles. The lowest BCUT2D eigenvalue weighted by Gasteiger charge is -2.21. The first-order valence-electron chi connectivity index (χ1n) is 5.18. The van der Waals surface area contributed by atoms with E-state index in [4.69, 9.17) is 0 Å². The predicted molar refractivity (Wildman–Crippen MR) is 59.6 cm³/mol. The number of aromatic nitrogens is 1. The Balaban J connectivity index is 2.03. The van der Waals surface area contributed by atoms with E-state index < -0.39 is 0 Å². The van der Waals surface area contributed by atoms with Gasteiger partial charge in [0.1, 0.15) is 5.01 Å². The minimum absolute atomic E-state index is 0.0625. The first-order chi connectivity index (χ1) is 7.27. The second-order valence-corrected chi connectivity index (χ2v) is 4.69. The van der Waals surface area contributed by atoms with Gasteiger partial charge in [0.2, 0.25) is 5.91 Å². The largest absolute Gasteiger partial charge is 0.335 e. The van der Waals surface area contributed by atoms with Crippen LogP contribution in [0.15, 0.2) is 11.6 Å². The highest BCUT2D eigenvalue weighted by atomic mass is 32.1. The molecular weight excluding hydrogens is 210 g/mol. The molecule has 1 unspecified atom stereocenters. The van der Waals surface area contributed by atoms with E-state index in [1.165, 1.54) is 0 Å². The molecule has 15 heavy (non-hydrogen) atoms. The van der Waals surface area contributed by atoms with Gasteiger partial charge in [0.05, 0.1) is 12.6 Å². The van der Waals surface area contributed by atoms with Gasteiger partial charge in [-0.15, -0.1) is 11.3 Å². The maximum absolute atomic E-state index is 11.9. The third kappa shape index (κ3) is 2.54. The molecule has 82 valence electrons. The van der Waals surface area contributed by atoms with Crippen LogP contribution in [-0.2, 0) is 11.3 Å². The van der Waals surface area contributed by atoms with Gasteiger partial charge in [0.25, 0.3) is 0 Å². The van der Waals surface area contributed by atoms with Crippen LogP contribution in [0, 0.1) is 0 Å². The molecule has 2 heterocycles. The van der Waals surface area contributed by atoms with E-state index in [0.717, 1.165) is 24.5 Å². The highest BCUT2D eigenvalue weighted by Gasteiger charge is 2.23. The van der Waals surface area contributed by atoms with Crippen LogP contribution in [0.25, 0.3) is 0 Å². The van der Waals surface area contributed by atoms with Crippen LogP contribution in [0.2, 0.25) is 0 Å². The molecule has 1 fully saturated rings. The summed E-state index contributed by atoms with van der Waals surface area (Å²) < 4.78 is 0. The Morgan fingerprint density at radius 2 is 2.60 bits per heavy atom. The summed E-state index contributed by atoms with van der Waals surface area (Å²) in [6.07, 6.45) is 2.80. The molecule has 2 rings (SSSR count). The number of thiazole rings is 1. The Kier molecular flexibility index (Phi) is 3.33. The molecule has 0 spiro atoms. The van der Waals surface area contributed by atoms with E-state index in [0.29, 0.717) is 6.54 Å². The Bertz CT molecular complexity index is 325. The van der Waals surface area contributed by atoms with E-state index in [-0.39, 0.29) is 11.9 Å². The number of hydrogen-bond donors (Lipinski definition) is 1. The molecule has 0 bridgehead atoms. The van der Waals surface area contributed by atoms with Gasteiger partial charge in [-0.25, -0.2) is 4.98 Å². The van der Waals surface area contributed by atoms with Crippen LogP contribution >= 0.6 is 11.3 Å². The summed E-state index contributed by atoms with van der Waals surface area (Å²) in [5, 5.41) is 6.15. The second kappa shape index (κ2) is 4.72. The summed E-state index contributed by atoms with van der Waals surface area (Å²) in [7, 11) is 0. The lowest BCUT2D eigenvalue weighted by molar-refractivity contribution is -0.132. The van der Waals surface area contributed by atoms with E-state index in [2.05, 4.69) is 10.3 Å². The summed E-state index contributed by atoms with van der Waals surface area (Å²) in [4.78, 5) is 18.0. The zero-order valence-corrected chi connectivity index (χ0v) is 9.59. The molecule has 5 heteroatoms.